The van der Waals surface area contributed by atoms with Gasteiger partial charge in [0.05, 0.1) is 9.26 Å². The fourth-order valence-corrected chi connectivity index (χ4v) is 1.49. The van der Waals surface area contributed by atoms with Gasteiger partial charge in [-0.2, -0.15) is 4.39 Å². The molecule has 0 fully saturated rings. The van der Waals surface area contributed by atoms with Crippen LogP contribution < -0.4 is 0 Å². The van der Waals surface area contributed by atoms with Crippen molar-refractivity contribution >= 4 is 22.6 Å². The monoisotopic (exact) mass is 299 g/mol. The van der Waals surface area contributed by atoms with Crippen LogP contribution in [-0.2, 0) is 0 Å². The first-order chi connectivity index (χ1) is 6.77. The topological polar surface area (TPSA) is 12.9 Å². The van der Waals surface area contributed by atoms with Crippen LogP contribution in [0.3, 0.4) is 0 Å². The summed E-state index contributed by atoms with van der Waals surface area (Å²) in [5.74, 6) is -0.410. The highest BCUT2D eigenvalue weighted by Gasteiger charge is 2.03. The Bertz CT molecular complexity index is 442. The molecule has 0 aliphatic rings. The van der Waals surface area contributed by atoms with E-state index < -0.39 is 5.95 Å². The van der Waals surface area contributed by atoms with Crippen LogP contribution in [0.15, 0.2) is 42.5 Å². The summed E-state index contributed by atoms with van der Waals surface area (Å²) < 4.78 is 13.7. The fraction of sp³-hybridized carbons (Fsp3) is 0. The fourth-order valence-electron chi connectivity index (χ4n) is 1.19. The van der Waals surface area contributed by atoms with Gasteiger partial charge in [0, 0.05) is 5.56 Å². The minimum atomic E-state index is -0.410. The van der Waals surface area contributed by atoms with Crippen molar-refractivity contribution in [2.45, 2.75) is 0 Å². The minimum absolute atomic E-state index is 0.410. The maximum absolute atomic E-state index is 13.1. The molecule has 0 spiro atoms. The molecule has 0 aliphatic heterocycles. The van der Waals surface area contributed by atoms with Crippen molar-refractivity contribution in [1.82, 2.24) is 4.98 Å². The lowest BCUT2D eigenvalue weighted by Crippen LogP contribution is -1.90. The zero-order chi connectivity index (χ0) is 9.97. The minimum Gasteiger partial charge on any atom is -0.219 e. The maximum atomic E-state index is 13.1. The second kappa shape index (κ2) is 4.04. The average molecular weight is 299 g/mol. The molecule has 0 bridgehead atoms. The van der Waals surface area contributed by atoms with Gasteiger partial charge in [-0.25, -0.2) is 4.98 Å². The number of hydrogen-bond acceptors (Lipinski definition) is 1. The summed E-state index contributed by atoms with van der Waals surface area (Å²) in [4.78, 5) is 3.87. The Morgan fingerprint density at radius 2 is 1.71 bits per heavy atom. The van der Waals surface area contributed by atoms with Gasteiger partial charge < -0.3 is 0 Å². The summed E-state index contributed by atoms with van der Waals surface area (Å²) in [5.41, 5.74) is 1.60. The third-order valence-corrected chi connectivity index (χ3v) is 2.68. The largest absolute Gasteiger partial charge is 0.226 e. The zero-order valence-electron chi connectivity index (χ0n) is 7.24. The van der Waals surface area contributed by atoms with E-state index in [0.29, 0.717) is 9.26 Å². The van der Waals surface area contributed by atoms with Crippen molar-refractivity contribution in [3.63, 3.8) is 0 Å². The summed E-state index contributed by atoms with van der Waals surface area (Å²) >= 11 is 1.92. The summed E-state index contributed by atoms with van der Waals surface area (Å²) in [5, 5.41) is 0. The van der Waals surface area contributed by atoms with Crippen molar-refractivity contribution in [3.05, 3.63) is 52.0 Å². The van der Waals surface area contributed by atoms with Crippen LogP contribution in [0.5, 0.6) is 0 Å². The van der Waals surface area contributed by atoms with Crippen LogP contribution in [0.4, 0.5) is 4.39 Å². The molecule has 0 saturated heterocycles. The number of hydrogen-bond donors (Lipinski definition) is 0. The third-order valence-electron chi connectivity index (χ3n) is 1.87. The molecule has 0 amide bonds. The normalized spacial score (nSPS) is 10.1. The molecule has 0 N–H and O–H groups in total. The van der Waals surface area contributed by atoms with Crippen molar-refractivity contribution < 1.29 is 4.39 Å². The van der Waals surface area contributed by atoms with E-state index in [-0.39, 0.29) is 0 Å². The molecule has 0 saturated carbocycles. The van der Waals surface area contributed by atoms with Crippen molar-refractivity contribution in [3.8, 4) is 11.3 Å². The predicted octanol–water partition coefficient (Wildman–Crippen LogP) is 3.49. The first-order valence-corrected chi connectivity index (χ1v) is 5.23. The Hall–Kier alpha value is -0.970. The van der Waals surface area contributed by atoms with E-state index in [4.69, 9.17) is 0 Å². The van der Waals surface area contributed by atoms with Gasteiger partial charge in [-0.1, -0.05) is 30.3 Å². The molecule has 14 heavy (non-hydrogen) atoms. The molecule has 1 heterocycles. The smallest absolute Gasteiger partial charge is 0.219 e. The van der Waals surface area contributed by atoms with Crippen LogP contribution in [0.2, 0.25) is 0 Å². The van der Waals surface area contributed by atoms with Crippen molar-refractivity contribution in [2.24, 2.45) is 0 Å². The third kappa shape index (κ3) is 1.92. The highest BCUT2D eigenvalue weighted by molar-refractivity contribution is 14.1. The van der Waals surface area contributed by atoms with E-state index in [1.54, 1.807) is 6.07 Å². The van der Waals surface area contributed by atoms with Crippen LogP contribution >= 0.6 is 22.6 Å². The van der Waals surface area contributed by atoms with Crippen LogP contribution in [0.25, 0.3) is 11.3 Å². The molecule has 2 aromatic rings. The first kappa shape index (κ1) is 9.58. The molecule has 1 aromatic carbocycles. The summed E-state index contributed by atoms with van der Waals surface area (Å²) in [6.07, 6.45) is 0. The lowest BCUT2D eigenvalue weighted by atomic mass is 10.1. The quantitative estimate of drug-likeness (QED) is 0.580. The summed E-state index contributed by atoms with van der Waals surface area (Å²) in [6.45, 7) is 0. The van der Waals surface area contributed by atoms with Gasteiger partial charge in [0.1, 0.15) is 0 Å². The van der Waals surface area contributed by atoms with Gasteiger partial charge in [0.25, 0.3) is 0 Å². The Morgan fingerprint density at radius 1 is 1.00 bits per heavy atom. The van der Waals surface area contributed by atoms with Gasteiger partial charge in [-0.15, -0.1) is 0 Å². The van der Waals surface area contributed by atoms with E-state index in [1.807, 2.05) is 59.0 Å². The van der Waals surface area contributed by atoms with E-state index in [1.165, 1.54) is 0 Å². The van der Waals surface area contributed by atoms with Crippen LogP contribution in [0, 0.1) is 9.52 Å². The van der Waals surface area contributed by atoms with Gasteiger partial charge in [0.15, 0.2) is 0 Å². The van der Waals surface area contributed by atoms with Gasteiger partial charge >= 0.3 is 0 Å². The standard InChI is InChI=1S/C11H7FIN/c12-11-9(13)6-7-10(14-11)8-4-2-1-3-5-8/h1-7H. The van der Waals surface area contributed by atoms with Crippen LogP contribution in [-0.4, -0.2) is 4.98 Å². The molecular weight excluding hydrogens is 292 g/mol. The second-order valence-electron chi connectivity index (χ2n) is 2.84. The SMILES string of the molecule is Fc1nc(-c2ccccc2)ccc1I. The Balaban J connectivity index is 2.48. The summed E-state index contributed by atoms with van der Waals surface area (Å²) in [6, 6.07) is 13.1. The van der Waals surface area contributed by atoms with Gasteiger partial charge in [0.2, 0.25) is 5.95 Å². The number of rotatable bonds is 1. The van der Waals surface area contributed by atoms with E-state index >= 15 is 0 Å². The number of halogens is 2. The number of pyridine rings is 1. The lowest BCUT2D eigenvalue weighted by molar-refractivity contribution is 0.577. The molecule has 0 aliphatic carbocycles. The zero-order valence-corrected chi connectivity index (χ0v) is 9.40. The number of aromatic nitrogens is 1. The van der Waals surface area contributed by atoms with Crippen molar-refractivity contribution in [1.29, 1.82) is 0 Å². The molecule has 0 radical (unpaired) electrons. The Kier molecular flexibility index (Phi) is 2.77. The van der Waals surface area contributed by atoms with E-state index in [2.05, 4.69) is 4.98 Å². The molecular formula is C11H7FIN. The second-order valence-corrected chi connectivity index (χ2v) is 4.00. The maximum Gasteiger partial charge on any atom is 0.226 e. The molecule has 0 atom stereocenters. The Labute approximate surface area is 95.1 Å². The average Bonchev–Trinajstić information content (AvgIpc) is 2.23. The molecule has 70 valence electrons. The number of nitrogens with zero attached hydrogens (tertiary/aromatic N) is 1. The molecule has 1 nitrogen and oxygen atoms in total. The van der Waals surface area contributed by atoms with Crippen molar-refractivity contribution in [2.75, 3.05) is 0 Å². The number of benzene rings is 1. The summed E-state index contributed by atoms with van der Waals surface area (Å²) in [7, 11) is 0. The van der Waals surface area contributed by atoms with Gasteiger partial charge in [-0.05, 0) is 34.7 Å². The Morgan fingerprint density at radius 3 is 2.36 bits per heavy atom. The molecule has 1 aromatic heterocycles. The van der Waals surface area contributed by atoms with E-state index in [0.717, 1.165) is 5.56 Å². The predicted molar refractivity (Wildman–Crippen MR) is 62.3 cm³/mol. The lowest BCUT2D eigenvalue weighted by Gasteiger charge is -2.00. The first-order valence-electron chi connectivity index (χ1n) is 4.15. The van der Waals surface area contributed by atoms with Gasteiger partial charge in [-0.3, -0.25) is 0 Å². The molecule has 0 unspecified atom stereocenters. The van der Waals surface area contributed by atoms with E-state index in [9.17, 15) is 4.39 Å². The van der Waals surface area contributed by atoms with Crippen LogP contribution in [0.1, 0.15) is 0 Å². The highest BCUT2D eigenvalue weighted by atomic mass is 127. The molecule has 3 heteroatoms. The molecule has 2 rings (SSSR count). The highest BCUT2D eigenvalue weighted by Crippen LogP contribution is 2.18.